The third-order valence-corrected chi connectivity index (χ3v) is 1.26. The molecule has 0 aliphatic heterocycles. The molecule has 0 amide bonds. The molecule has 0 rings (SSSR count). The quantitative estimate of drug-likeness (QED) is 0.649. The van der Waals surface area contributed by atoms with Crippen molar-refractivity contribution in [2.24, 2.45) is 0 Å². The number of alkyl halides is 2. The summed E-state index contributed by atoms with van der Waals surface area (Å²) in [5, 5.41) is 2.72. The maximum atomic E-state index is 11.7. The van der Waals surface area contributed by atoms with E-state index in [1.165, 1.54) is 0 Å². The summed E-state index contributed by atoms with van der Waals surface area (Å²) < 4.78 is 23.3. The first-order valence-electron chi connectivity index (χ1n) is 3.68. The third-order valence-electron chi connectivity index (χ3n) is 1.26. The molecule has 0 aliphatic carbocycles. The van der Waals surface area contributed by atoms with E-state index in [1.54, 1.807) is 0 Å². The Labute approximate surface area is 66.6 Å². The van der Waals surface area contributed by atoms with Gasteiger partial charge in [0.05, 0.1) is 6.54 Å². The highest BCUT2D eigenvalue weighted by atomic mass is 19.3. The monoisotopic (exact) mass is 166 g/mol. The Balaban J connectivity index is 3.29. The van der Waals surface area contributed by atoms with E-state index < -0.39 is 6.43 Å². The predicted molar refractivity (Wildman–Crippen MR) is 42.0 cm³/mol. The zero-order valence-electron chi connectivity index (χ0n) is 7.27. The summed E-state index contributed by atoms with van der Waals surface area (Å²) in [5.74, 6) is 0. The SMILES string of the molecule is CC(CN(C)C)NCC(F)F. The lowest BCUT2D eigenvalue weighted by molar-refractivity contribution is 0.140. The predicted octanol–water partition coefficient (Wildman–Crippen LogP) is 0.791. The fourth-order valence-electron chi connectivity index (χ4n) is 0.903. The topological polar surface area (TPSA) is 15.3 Å². The van der Waals surface area contributed by atoms with Gasteiger partial charge in [-0.05, 0) is 21.0 Å². The minimum Gasteiger partial charge on any atom is -0.308 e. The Morgan fingerprint density at radius 1 is 1.36 bits per heavy atom. The molecule has 1 N–H and O–H groups in total. The normalized spacial score (nSPS) is 14.5. The number of hydrogen-bond donors (Lipinski definition) is 1. The van der Waals surface area contributed by atoms with E-state index in [0.29, 0.717) is 0 Å². The molecule has 0 saturated heterocycles. The fourth-order valence-corrected chi connectivity index (χ4v) is 0.903. The van der Waals surface area contributed by atoms with Crippen LogP contribution in [0.15, 0.2) is 0 Å². The van der Waals surface area contributed by atoms with Crippen LogP contribution in [0.4, 0.5) is 8.78 Å². The highest BCUT2D eigenvalue weighted by Gasteiger charge is 2.06. The van der Waals surface area contributed by atoms with Crippen molar-refractivity contribution in [2.45, 2.75) is 19.4 Å². The molecule has 1 atom stereocenters. The zero-order chi connectivity index (χ0) is 8.85. The molecule has 0 aromatic carbocycles. The van der Waals surface area contributed by atoms with Crippen molar-refractivity contribution in [3.05, 3.63) is 0 Å². The van der Waals surface area contributed by atoms with Crippen LogP contribution in [0.1, 0.15) is 6.92 Å². The molecule has 0 radical (unpaired) electrons. The van der Waals surface area contributed by atoms with Gasteiger partial charge in [-0.1, -0.05) is 0 Å². The molecular weight excluding hydrogens is 150 g/mol. The van der Waals surface area contributed by atoms with Gasteiger partial charge in [0, 0.05) is 12.6 Å². The molecule has 0 saturated carbocycles. The van der Waals surface area contributed by atoms with Gasteiger partial charge in [-0.25, -0.2) is 8.78 Å². The lowest BCUT2D eigenvalue weighted by atomic mass is 10.3. The molecule has 1 unspecified atom stereocenters. The van der Waals surface area contributed by atoms with Crippen LogP contribution in [0.3, 0.4) is 0 Å². The van der Waals surface area contributed by atoms with Gasteiger partial charge >= 0.3 is 0 Å². The summed E-state index contributed by atoms with van der Waals surface area (Å²) in [6, 6.07) is 0.124. The third kappa shape index (κ3) is 7.68. The van der Waals surface area contributed by atoms with Crippen LogP contribution in [0, 0.1) is 0 Å². The van der Waals surface area contributed by atoms with Crippen LogP contribution < -0.4 is 5.32 Å². The maximum Gasteiger partial charge on any atom is 0.250 e. The molecule has 0 aromatic heterocycles. The number of hydrogen-bond acceptors (Lipinski definition) is 2. The lowest BCUT2D eigenvalue weighted by Gasteiger charge is -2.17. The number of nitrogens with zero attached hydrogens (tertiary/aromatic N) is 1. The molecule has 2 nitrogen and oxygen atoms in total. The van der Waals surface area contributed by atoms with Gasteiger partial charge in [0.2, 0.25) is 0 Å². The fraction of sp³-hybridized carbons (Fsp3) is 1.00. The number of halogens is 2. The summed E-state index contributed by atoms with van der Waals surface area (Å²) in [5.41, 5.74) is 0. The van der Waals surface area contributed by atoms with Gasteiger partial charge in [-0.15, -0.1) is 0 Å². The van der Waals surface area contributed by atoms with E-state index in [2.05, 4.69) is 5.32 Å². The summed E-state index contributed by atoms with van der Waals surface area (Å²) in [4.78, 5) is 1.96. The van der Waals surface area contributed by atoms with Crippen LogP contribution >= 0.6 is 0 Å². The molecule has 4 heteroatoms. The van der Waals surface area contributed by atoms with Crippen molar-refractivity contribution in [3.8, 4) is 0 Å². The molecular formula is C7H16F2N2. The van der Waals surface area contributed by atoms with Gasteiger partial charge < -0.3 is 10.2 Å². The van der Waals surface area contributed by atoms with Crippen molar-refractivity contribution in [2.75, 3.05) is 27.2 Å². The number of nitrogens with one attached hydrogen (secondary N) is 1. The second-order valence-electron chi connectivity index (χ2n) is 2.96. The van der Waals surface area contributed by atoms with Gasteiger partial charge in [0.15, 0.2) is 0 Å². The van der Waals surface area contributed by atoms with E-state index in [0.717, 1.165) is 6.54 Å². The van der Waals surface area contributed by atoms with Crippen molar-refractivity contribution < 1.29 is 8.78 Å². The molecule has 0 fully saturated rings. The Morgan fingerprint density at radius 2 is 1.91 bits per heavy atom. The van der Waals surface area contributed by atoms with Crippen LogP contribution in [-0.2, 0) is 0 Å². The Kier molecular flexibility index (Phi) is 5.32. The molecule has 0 bridgehead atoms. The summed E-state index contributed by atoms with van der Waals surface area (Å²) in [6.07, 6.45) is -2.25. The smallest absolute Gasteiger partial charge is 0.250 e. The molecule has 68 valence electrons. The van der Waals surface area contributed by atoms with E-state index in [-0.39, 0.29) is 12.6 Å². The highest BCUT2D eigenvalue weighted by Crippen LogP contribution is 1.90. The zero-order valence-corrected chi connectivity index (χ0v) is 7.27. The second-order valence-corrected chi connectivity index (χ2v) is 2.96. The minimum absolute atomic E-state index is 0.124. The Morgan fingerprint density at radius 3 is 2.27 bits per heavy atom. The Hall–Kier alpha value is -0.220. The maximum absolute atomic E-state index is 11.7. The van der Waals surface area contributed by atoms with Crippen molar-refractivity contribution >= 4 is 0 Å². The average Bonchev–Trinajstić information content (AvgIpc) is 1.82. The van der Waals surface area contributed by atoms with E-state index >= 15 is 0 Å². The molecule has 0 aliphatic rings. The summed E-state index contributed by atoms with van der Waals surface area (Å²) in [6.45, 7) is 2.46. The van der Waals surface area contributed by atoms with Crippen LogP contribution in [0.25, 0.3) is 0 Å². The van der Waals surface area contributed by atoms with Crippen LogP contribution in [-0.4, -0.2) is 44.6 Å². The van der Waals surface area contributed by atoms with Gasteiger partial charge in [0.1, 0.15) is 0 Å². The van der Waals surface area contributed by atoms with Crippen molar-refractivity contribution in [3.63, 3.8) is 0 Å². The largest absolute Gasteiger partial charge is 0.308 e. The van der Waals surface area contributed by atoms with Crippen molar-refractivity contribution in [1.29, 1.82) is 0 Å². The average molecular weight is 166 g/mol. The summed E-state index contributed by atoms with van der Waals surface area (Å²) in [7, 11) is 3.83. The lowest BCUT2D eigenvalue weighted by Crippen LogP contribution is -2.38. The van der Waals surface area contributed by atoms with Crippen molar-refractivity contribution in [1.82, 2.24) is 10.2 Å². The molecule has 0 heterocycles. The minimum atomic E-state index is -2.25. The number of likely N-dealkylation sites (N-methyl/N-ethyl adjacent to an activating group) is 1. The van der Waals surface area contributed by atoms with E-state index in [9.17, 15) is 8.78 Å². The standard InChI is InChI=1S/C7H16F2N2/c1-6(5-11(2)3)10-4-7(8)9/h6-7,10H,4-5H2,1-3H3. The first kappa shape index (κ1) is 10.8. The Bertz CT molecular complexity index is 96.4. The van der Waals surface area contributed by atoms with Gasteiger partial charge in [-0.3, -0.25) is 0 Å². The summed E-state index contributed by atoms with van der Waals surface area (Å²) >= 11 is 0. The highest BCUT2D eigenvalue weighted by molar-refractivity contribution is 4.63. The first-order chi connectivity index (χ1) is 5.02. The van der Waals surface area contributed by atoms with Gasteiger partial charge in [0.25, 0.3) is 6.43 Å². The second kappa shape index (κ2) is 5.43. The molecule has 11 heavy (non-hydrogen) atoms. The number of rotatable bonds is 5. The van der Waals surface area contributed by atoms with Gasteiger partial charge in [-0.2, -0.15) is 0 Å². The van der Waals surface area contributed by atoms with Crippen LogP contribution in [0.2, 0.25) is 0 Å². The molecule has 0 aromatic rings. The first-order valence-corrected chi connectivity index (χ1v) is 3.68. The molecule has 0 spiro atoms. The van der Waals surface area contributed by atoms with Crippen LogP contribution in [0.5, 0.6) is 0 Å². The van der Waals surface area contributed by atoms with E-state index in [1.807, 2.05) is 25.9 Å². The van der Waals surface area contributed by atoms with E-state index in [4.69, 9.17) is 0 Å².